The van der Waals surface area contributed by atoms with E-state index in [0.29, 0.717) is 11.5 Å². The average Bonchev–Trinajstić information content (AvgIpc) is 2.76. The molecule has 0 bridgehead atoms. The van der Waals surface area contributed by atoms with E-state index < -0.39 is 28.6 Å². The van der Waals surface area contributed by atoms with E-state index in [0.717, 1.165) is 4.90 Å². The minimum absolute atomic E-state index is 0.0972. The fraction of sp³-hybridized carbons (Fsp3) is 0.440. The second-order valence-corrected chi connectivity index (χ2v) is 9.91. The molecule has 180 valence electrons. The summed E-state index contributed by atoms with van der Waals surface area (Å²) in [5.74, 6) is 0.744. The van der Waals surface area contributed by atoms with Gasteiger partial charge in [0.1, 0.15) is 17.1 Å². The molecule has 0 aliphatic carbocycles. The Balaban J connectivity index is 2.38. The number of esters is 1. The number of hydrogen-bond acceptors (Lipinski definition) is 7. The predicted molar refractivity (Wildman–Crippen MR) is 128 cm³/mol. The highest BCUT2D eigenvalue weighted by Gasteiger charge is 2.49. The van der Waals surface area contributed by atoms with Gasteiger partial charge in [-0.25, -0.2) is 9.59 Å². The number of aliphatic hydroxyl groups is 1. The summed E-state index contributed by atoms with van der Waals surface area (Å²) in [6, 6.07) is 16.6. The molecule has 0 saturated carbocycles. The summed E-state index contributed by atoms with van der Waals surface area (Å²) in [7, 11) is 1.28. The second kappa shape index (κ2) is 11.4. The molecule has 33 heavy (non-hydrogen) atoms. The molecule has 2 rings (SSSR count). The van der Waals surface area contributed by atoms with Gasteiger partial charge in [-0.3, -0.25) is 4.90 Å². The number of thioether (sulfide) groups is 1. The first-order chi connectivity index (χ1) is 15.5. The topological polar surface area (TPSA) is 85.3 Å². The minimum Gasteiger partial charge on any atom is -0.467 e. The second-order valence-electron chi connectivity index (χ2n) is 8.56. The summed E-state index contributed by atoms with van der Waals surface area (Å²) in [6.07, 6.45) is -1.35. The van der Waals surface area contributed by atoms with Crippen molar-refractivity contribution in [3.63, 3.8) is 0 Å². The van der Waals surface area contributed by atoms with Gasteiger partial charge in [-0.2, -0.15) is 0 Å². The maximum Gasteiger partial charge on any atom is 0.412 e. The predicted octanol–water partition coefficient (Wildman–Crippen LogP) is 5.47. The van der Waals surface area contributed by atoms with Crippen molar-refractivity contribution in [2.45, 2.75) is 62.5 Å². The van der Waals surface area contributed by atoms with Crippen LogP contribution in [0.5, 0.6) is 11.5 Å². The molecule has 0 aliphatic heterocycles. The Morgan fingerprint density at radius 3 is 2.09 bits per heavy atom. The van der Waals surface area contributed by atoms with Gasteiger partial charge in [0.25, 0.3) is 0 Å². The largest absolute Gasteiger partial charge is 0.467 e. The minimum atomic E-state index is -1.43. The van der Waals surface area contributed by atoms with Crippen LogP contribution in [0.3, 0.4) is 0 Å². The molecule has 0 heterocycles. The Bertz CT molecular complexity index is 911. The SMILES string of the molecule is CCC(Sc1ccc(Oc2ccccc2)cc1)(C(=O)OC)N(C[C@@H](C)O)C(=O)OC(C)(C)C. The summed E-state index contributed by atoms with van der Waals surface area (Å²) in [6.45, 7) is 8.48. The number of ether oxygens (including phenoxy) is 3. The van der Waals surface area contributed by atoms with Crippen LogP contribution in [0, 0.1) is 0 Å². The van der Waals surface area contributed by atoms with Crippen LogP contribution in [0.25, 0.3) is 0 Å². The summed E-state index contributed by atoms with van der Waals surface area (Å²) in [5, 5.41) is 10.1. The van der Waals surface area contributed by atoms with Crippen molar-refractivity contribution in [2.24, 2.45) is 0 Å². The zero-order valence-corrected chi connectivity index (χ0v) is 20.8. The lowest BCUT2D eigenvalue weighted by Gasteiger charge is -2.41. The van der Waals surface area contributed by atoms with Crippen molar-refractivity contribution in [3.05, 3.63) is 54.6 Å². The highest BCUT2D eigenvalue weighted by Crippen LogP contribution is 2.41. The van der Waals surface area contributed by atoms with Gasteiger partial charge in [-0.15, -0.1) is 0 Å². The molecule has 0 fully saturated rings. The number of benzene rings is 2. The van der Waals surface area contributed by atoms with Crippen molar-refractivity contribution in [1.82, 2.24) is 4.90 Å². The average molecular weight is 476 g/mol. The molecule has 0 radical (unpaired) electrons. The third-order valence-corrected chi connectivity index (χ3v) is 6.09. The molecule has 2 aromatic rings. The van der Waals surface area contributed by atoms with E-state index in [1.54, 1.807) is 46.8 Å². The van der Waals surface area contributed by atoms with Crippen molar-refractivity contribution in [1.29, 1.82) is 0 Å². The number of methoxy groups -OCH3 is 1. The molecule has 2 aromatic carbocycles. The highest BCUT2D eigenvalue weighted by molar-refractivity contribution is 8.01. The van der Waals surface area contributed by atoms with E-state index in [-0.39, 0.29) is 13.0 Å². The molecule has 2 atom stereocenters. The van der Waals surface area contributed by atoms with Crippen LogP contribution in [-0.4, -0.2) is 52.3 Å². The quantitative estimate of drug-likeness (QED) is 0.292. The first-order valence-corrected chi connectivity index (χ1v) is 11.6. The summed E-state index contributed by atoms with van der Waals surface area (Å²) < 4.78 is 16.5. The summed E-state index contributed by atoms with van der Waals surface area (Å²) >= 11 is 1.17. The molecule has 1 N–H and O–H groups in total. The number of aliphatic hydroxyl groups excluding tert-OH is 1. The number of carbonyl (C=O) groups excluding carboxylic acids is 2. The van der Waals surface area contributed by atoms with Crippen LogP contribution in [0.15, 0.2) is 59.5 Å². The van der Waals surface area contributed by atoms with Crippen LogP contribution >= 0.6 is 11.8 Å². The van der Waals surface area contributed by atoms with Crippen LogP contribution in [0.2, 0.25) is 0 Å². The lowest BCUT2D eigenvalue weighted by molar-refractivity contribution is -0.149. The van der Waals surface area contributed by atoms with E-state index in [1.807, 2.05) is 42.5 Å². The zero-order valence-electron chi connectivity index (χ0n) is 20.0. The van der Waals surface area contributed by atoms with Gasteiger partial charge in [-0.05, 0) is 70.5 Å². The zero-order chi connectivity index (χ0) is 24.6. The Morgan fingerprint density at radius 1 is 1.03 bits per heavy atom. The maximum atomic E-state index is 13.1. The Labute approximate surface area is 200 Å². The fourth-order valence-corrected chi connectivity index (χ4v) is 4.35. The van der Waals surface area contributed by atoms with E-state index in [1.165, 1.54) is 23.8 Å². The number of hydrogen-bond donors (Lipinski definition) is 1. The van der Waals surface area contributed by atoms with Gasteiger partial charge < -0.3 is 19.3 Å². The van der Waals surface area contributed by atoms with Gasteiger partial charge in [0.05, 0.1) is 19.8 Å². The molecule has 1 amide bonds. The number of amides is 1. The van der Waals surface area contributed by atoms with E-state index >= 15 is 0 Å². The van der Waals surface area contributed by atoms with E-state index in [4.69, 9.17) is 14.2 Å². The van der Waals surface area contributed by atoms with E-state index in [2.05, 4.69) is 0 Å². The molecule has 0 aliphatic rings. The molecular formula is C25H33NO6S. The maximum absolute atomic E-state index is 13.1. The van der Waals surface area contributed by atoms with Crippen LogP contribution in [-0.2, 0) is 14.3 Å². The first kappa shape index (κ1) is 26.5. The third kappa shape index (κ3) is 7.40. The molecule has 0 spiro atoms. The Kier molecular flexibility index (Phi) is 9.19. The van der Waals surface area contributed by atoms with Crippen LogP contribution in [0.1, 0.15) is 41.0 Å². The van der Waals surface area contributed by atoms with Crippen LogP contribution in [0.4, 0.5) is 4.79 Å². The van der Waals surface area contributed by atoms with Gasteiger partial charge in [-0.1, -0.05) is 36.9 Å². The molecule has 1 unspecified atom stereocenters. The third-order valence-electron chi connectivity index (χ3n) is 4.57. The number of rotatable bonds is 9. The molecule has 7 nitrogen and oxygen atoms in total. The van der Waals surface area contributed by atoms with Crippen molar-refractivity contribution >= 4 is 23.8 Å². The Hall–Kier alpha value is -2.71. The van der Waals surface area contributed by atoms with Crippen molar-refractivity contribution < 1.29 is 28.9 Å². The molecular weight excluding hydrogens is 442 g/mol. The highest BCUT2D eigenvalue weighted by atomic mass is 32.2. The van der Waals surface area contributed by atoms with Crippen LogP contribution < -0.4 is 4.74 Å². The van der Waals surface area contributed by atoms with E-state index in [9.17, 15) is 14.7 Å². The normalized spacial score (nSPS) is 14.0. The molecule has 0 saturated heterocycles. The number of carbonyl (C=O) groups is 2. The van der Waals surface area contributed by atoms with Crippen molar-refractivity contribution in [3.8, 4) is 11.5 Å². The lowest BCUT2D eigenvalue weighted by atomic mass is 10.1. The standard InChI is InChI=1S/C25H33NO6S/c1-7-25(22(28)30-6,26(17-18(2)27)23(29)32-24(3,4)5)33-21-15-13-20(14-16-21)31-19-11-9-8-10-12-19/h8-16,18,27H,7,17H2,1-6H3/t18-,25?/m1/s1. The molecule has 0 aromatic heterocycles. The fourth-order valence-electron chi connectivity index (χ4n) is 3.12. The first-order valence-electron chi connectivity index (χ1n) is 10.8. The number of para-hydroxylation sites is 1. The smallest absolute Gasteiger partial charge is 0.412 e. The van der Waals surface area contributed by atoms with Gasteiger partial charge in [0.15, 0.2) is 4.87 Å². The van der Waals surface area contributed by atoms with Gasteiger partial charge >= 0.3 is 12.1 Å². The lowest BCUT2D eigenvalue weighted by Crippen LogP contribution is -2.57. The summed E-state index contributed by atoms with van der Waals surface area (Å²) in [5.41, 5.74) is -0.773. The monoisotopic (exact) mass is 475 g/mol. The summed E-state index contributed by atoms with van der Waals surface area (Å²) in [4.78, 5) is 26.7. The van der Waals surface area contributed by atoms with Gasteiger partial charge in [0, 0.05) is 4.90 Å². The Morgan fingerprint density at radius 2 is 1.61 bits per heavy atom. The number of nitrogens with zero attached hydrogens (tertiary/aromatic N) is 1. The van der Waals surface area contributed by atoms with Gasteiger partial charge in [0.2, 0.25) is 0 Å². The molecule has 8 heteroatoms. The van der Waals surface area contributed by atoms with Crippen molar-refractivity contribution in [2.75, 3.05) is 13.7 Å².